The van der Waals surface area contributed by atoms with Crippen molar-refractivity contribution in [2.75, 3.05) is 26.4 Å². The lowest BCUT2D eigenvalue weighted by molar-refractivity contribution is -0.147. The molecule has 1 amide bonds. The molecule has 0 aliphatic heterocycles. The summed E-state index contributed by atoms with van der Waals surface area (Å²) in [5.41, 5.74) is 0. The SMILES string of the molecule is CC/C=C\C/C=C\C/C=C\C/C=C\C/C=C\CCCCCCCC(=O)NCCOP(=O)(O)OCC(O)COC(=O)CCCCC. The van der Waals surface area contributed by atoms with Gasteiger partial charge in [0.2, 0.25) is 5.91 Å². The summed E-state index contributed by atoms with van der Waals surface area (Å²) in [5, 5.41) is 12.4. The van der Waals surface area contributed by atoms with Crippen LogP contribution < -0.4 is 5.32 Å². The van der Waals surface area contributed by atoms with Crippen molar-refractivity contribution in [3.05, 3.63) is 60.8 Å². The standard InChI is InChI=1S/C35H60NO8P/c1-3-5-7-8-9-10-11-12-13-14-15-16-17-18-19-20-21-22-23-24-26-27-34(38)36-29-30-43-45(40,41)44-32-33(37)31-42-35(39)28-25-6-4-2/h5,7,9-10,12-13,15-16,18-19,33,37H,3-4,6,8,11,14,17,20-32H2,1-2H3,(H,36,38)(H,40,41)/b7-5-,10-9-,13-12-,16-15-,19-18-. The second-order valence-corrected chi connectivity index (χ2v) is 12.2. The summed E-state index contributed by atoms with van der Waals surface area (Å²) in [5.74, 6) is -0.568. The van der Waals surface area contributed by atoms with Crippen molar-refractivity contribution in [2.45, 2.75) is 123 Å². The molecule has 0 bridgehead atoms. The predicted molar refractivity (Wildman–Crippen MR) is 183 cm³/mol. The largest absolute Gasteiger partial charge is 0.472 e. The summed E-state index contributed by atoms with van der Waals surface area (Å²) in [6.07, 6.45) is 35.3. The monoisotopic (exact) mass is 653 g/mol. The number of carbonyl (C=O) groups is 2. The van der Waals surface area contributed by atoms with Gasteiger partial charge in [-0.1, -0.05) is 107 Å². The zero-order valence-corrected chi connectivity index (χ0v) is 28.7. The summed E-state index contributed by atoms with van der Waals surface area (Å²) >= 11 is 0. The van der Waals surface area contributed by atoms with E-state index in [-0.39, 0.29) is 32.1 Å². The Balaban J connectivity index is 3.65. The first kappa shape index (κ1) is 42.7. The number of hydrogen-bond acceptors (Lipinski definition) is 7. The Hall–Kier alpha value is -2.29. The van der Waals surface area contributed by atoms with E-state index in [2.05, 4.69) is 73.0 Å². The first-order valence-electron chi connectivity index (χ1n) is 16.8. The molecule has 0 saturated carbocycles. The van der Waals surface area contributed by atoms with Crippen molar-refractivity contribution in [3.63, 3.8) is 0 Å². The molecule has 0 fully saturated rings. The van der Waals surface area contributed by atoms with Crippen LogP contribution in [-0.4, -0.2) is 54.3 Å². The van der Waals surface area contributed by atoms with Crippen molar-refractivity contribution in [1.29, 1.82) is 0 Å². The van der Waals surface area contributed by atoms with Gasteiger partial charge in [-0.05, 0) is 57.8 Å². The highest BCUT2D eigenvalue weighted by Crippen LogP contribution is 2.42. The smallest absolute Gasteiger partial charge is 0.463 e. The highest BCUT2D eigenvalue weighted by atomic mass is 31.2. The third-order valence-electron chi connectivity index (χ3n) is 6.46. The zero-order valence-electron chi connectivity index (χ0n) is 27.8. The Kier molecular flexibility index (Phi) is 30.1. The van der Waals surface area contributed by atoms with Gasteiger partial charge in [-0.3, -0.25) is 18.6 Å². The Morgan fingerprint density at radius 3 is 1.89 bits per heavy atom. The van der Waals surface area contributed by atoms with E-state index in [0.29, 0.717) is 12.8 Å². The van der Waals surface area contributed by atoms with E-state index in [1.54, 1.807) is 0 Å². The lowest BCUT2D eigenvalue weighted by Gasteiger charge is -2.15. The minimum absolute atomic E-state index is 0.0674. The van der Waals surface area contributed by atoms with Gasteiger partial charge >= 0.3 is 13.8 Å². The van der Waals surface area contributed by atoms with Crippen LogP contribution in [0.2, 0.25) is 0 Å². The molecule has 0 aliphatic carbocycles. The average Bonchev–Trinajstić information content (AvgIpc) is 3.02. The van der Waals surface area contributed by atoms with Gasteiger partial charge in [-0.2, -0.15) is 0 Å². The van der Waals surface area contributed by atoms with Gasteiger partial charge < -0.3 is 20.1 Å². The first-order valence-corrected chi connectivity index (χ1v) is 18.3. The van der Waals surface area contributed by atoms with Crippen LogP contribution in [0.5, 0.6) is 0 Å². The Bertz CT molecular complexity index is 929. The number of phosphoric ester groups is 1. The topological polar surface area (TPSA) is 131 Å². The van der Waals surface area contributed by atoms with Crippen molar-refractivity contribution in [2.24, 2.45) is 0 Å². The van der Waals surface area contributed by atoms with Crippen molar-refractivity contribution in [1.82, 2.24) is 5.32 Å². The Labute approximate surface area is 272 Å². The fourth-order valence-corrected chi connectivity index (χ4v) is 4.69. The lowest BCUT2D eigenvalue weighted by Crippen LogP contribution is -2.27. The molecule has 0 rings (SSSR count). The maximum absolute atomic E-state index is 12.0. The normalized spacial score (nSPS) is 14.3. The second-order valence-electron chi connectivity index (χ2n) is 10.8. The van der Waals surface area contributed by atoms with E-state index in [4.69, 9.17) is 13.8 Å². The third-order valence-corrected chi connectivity index (χ3v) is 7.45. The molecule has 3 N–H and O–H groups in total. The van der Waals surface area contributed by atoms with E-state index in [0.717, 1.165) is 83.5 Å². The van der Waals surface area contributed by atoms with Crippen LogP contribution in [-0.2, 0) is 27.9 Å². The van der Waals surface area contributed by atoms with Crippen molar-refractivity contribution >= 4 is 19.7 Å². The summed E-state index contributed by atoms with van der Waals surface area (Å²) in [4.78, 5) is 33.2. The molecule has 0 aliphatic rings. The minimum Gasteiger partial charge on any atom is -0.463 e. The fourth-order valence-electron chi connectivity index (χ4n) is 3.93. The van der Waals surface area contributed by atoms with Crippen molar-refractivity contribution in [3.8, 4) is 0 Å². The summed E-state index contributed by atoms with van der Waals surface area (Å²) in [7, 11) is -4.40. The number of esters is 1. The number of ether oxygens (including phenoxy) is 1. The number of unbranched alkanes of at least 4 members (excludes halogenated alkanes) is 7. The molecule has 10 heteroatoms. The molecule has 0 aromatic carbocycles. The van der Waals surface area contributed by atoms with Gasteiger partial charge in [-0.25, -0.2) is 4.57 Å². The number of rotatable bonds is 30. The number of carbonyl (C=O) groups excluding carboxylic acids is 2. The zero-order chi connectivity index (χ0) is 33.3. The second kappa shape index (κ2) is 31.7. The number of allylic oxidation sites excluding steroid dienone is 10. The average molecular weight is 654 g/mol. The quantitative estimate of drug-likeness (QED) is 0.0306. The maximum Gasteiger partial charge on any atom is 0.472 e. The molecule has 9 nitrogen and oxygen atoms in total. The molecule has 2 unspecified atom stereocenters. The number of nitrogens with one attached hydrogen (secondary N) is 1. The van der Waals surface area contributed by atoms with Gasteiger partial charge in [0.1, 0.15) is 12.7 Å². The van der Waals surface area contributed by atoms with Crippen LogP contribution in [0.3, 0.4) is 0 Å². The summed E-state index contributed by atoms with van der Waals surface area (Å²) in [6.45, 7) is 3.17. The maximum atomic E-state index is 12.0. The molecule has 2 atom stereocenters. The van der Waals surface area contributed by atoms with E-state index in [9.17, 15) is 24.2 Å². The van der Waals surface area contributed by atoms with Crippen LogP contribution in [0.1, 0.15) is 117 Å². The van der Waals surface area contributed by atoms with Gasteiger partial charge in [-0.15, -0.1) is 0 Å². The molecule has 258 valence electrons. The lowest BCUT2D eigenvalue weighted by atomic mass is 10.1. The molecule has 0 aromatic heterocycles. The number of hydrogen-bond donors (Lipinski definition) is 3. The van der Waals surface area contributed by atoms with E-state index < -0.39 is 26.5 Å². The summed E-state index contributed by atoms with van der Waals surface area (Å²) < 4.78 is 26.4. The number of phosphoric acid groups is 1. The molecule has 0 radical (unpaired) electrons. The number of amides is 1. The van der Waals surface area contributed by atoms with E-state index >= 15 is 0 Å². The Morgan fingerprint density at radius 2 is 1.27 bits per heavy atom. The number of aliphatic hydroxyl groups is 1. The van der Waals surface area contributed by atoms with Crippen molar-refractivity contribution < 1.29 is 37.9 Å². The van der Waals surface area contributed by atoms with Gasteiger partial charge in [0, 0.05) is 19.4 Å². The highest BCUT2D eigenvalue weighted by Gasteiger charge is 2.23. The van der Waals surface area contributed by atoms with Crippen LogP contribution in [0.25, 0.3) is 0 Å². The molecule has 0 aromatic rings. The predicted octanol–water partition coefficient (Wildman–Crippen LogP) is 8.20. The first-order chi connectivity index (χ1) is 21.8. The molecular weight excluding hydrogens is 593 g/mol. The molecular formula is C35H60NO8P. The molecule has 45 heavy (non-hydrogen) atoms. The highest BCUT2D eigenvalue weighted by molar-refractivity contribution is 7.47. The summed E-state index contributed by atoms with van der Waals surface area (Å²) in [6, 6.07) is 0. The molecule has 0 saturated heterocycles. The Morgan fingerprint density at radius 1 is 0.711 bits per heavy atom. The van der Waals surface area contributed by atoms with Gasteiger partial charge in [0.15, 0.2) is 0 Å². The van der Waals surface area contributed by atoms with Crippen LogP contribution in [0.4, 0.5) is 0 Å². The van der Waals surface area contributed by atoms with Crippen LogP contribution in [0, 0.1) is 0 Å². The van der Waals surface area contributed by atoms with Crippen LogP contribution in [0.15, 0.2) is 60.8 Å². The van der Waals surface area contributed by atoms with Crippen LogP contribution >= 0.6 is 7.82 Å². The third kappa shape index (κ3) is 32.9. The minimum atomic E-state index is -4.40. The van der Waals surface area contributed by atoms with Gasteiger partial charge in [0.25, 0.3) is 0 Å². The number of aliphatic hydroxyl groups excluding tert-OH is 1. The van der Waals surface area contributed by atoms with E-state index in [1.807, 2.05) is 6.92 Å². The van der Waals surface area contributed by atoms with E-state index in [1.165, 1.54) is 0 Å². The fraction of sp³-hybridized carbons (Fsp3) is 0.657. The molecule has 0 heterocycles. The van der Waals surface area contributed by atoms with Gasteiger partial charge in [0.05, 0.1) is 13.2 Å². The molecule has 0 spiro atoms.